The van der Waals surface area contributed by atoms with Crippen LogP contribution in [0.15, 0.2) is 21.2 Å². The number of hydrogen-bond acceptors (Lipinski definition) is 3. The van der Waals surface area contributed by atoms with E-state index in [1.807, 2.05) is 0 Å². The van der Waals surface area contributed by atoms with E-state index in [-0.39, 0.29) is 5.78 Å². The number of ketones is 1. The summed E-state index contributed by atoms with van der Waals surface area (Å²) in [4.78, 5) is 11.8. The number of piperidine rings is 1. The third kappa shape index (κ3) is 2.69. The van der Waals surface area contributed by atoms with Crippen molar-refractivity contribution >= 4 is 21.7 Å². The molecule has 0 aliphatic carbocycles. The highest BCUT2D eigenvalue weighted by Crippen LogP contribution is 2.22. The van der Waals surface area contributed by atoms with Gasteiger partial charge < -0.3 is 9.73 Å². The molecule has 1 aliphatic heterocycles. The van der Waals surface area contributed by atoms with E-state index < -0.39 is 0 Å². The molecule has 0 spiro atoms. The lowest BCUT2D eigenvalue weighted by molar-refractivity contribution is 0.0925. The molecule has 3 nitrogen and oxygen atoms in total. The Kier molecular flexibility index (Phi) is 3.59. The molecule has 82 valence electrons. The number of halogens is 1. The predicted octanol–water partition coefficient (Wildman–Crippen LogP) is 2.61. The lowest BCUT2D eigenvalue weighted by Gasteiger charge is -2.21. The number of carbonyl (C=O) groups excluding carboxylic acids is 1. The standard InChI is InChI=1S/C11H14BrNO2/c12-9-3-5-15-11(9)10(14)6-8-2-1-4-13-7-8/h3,5,8,13H,1-2,4,6-7H2. The molecule has 0 radical (unpaired) electrons. The van der Waals surface area contributed by atoms with Gasteiger partial charge in [-0.15, -0.1) is 0 Å². The van der Waals surface area contributed by atoms with Crippen molar-refractivity contribution in [1.29, 1.82) is 0 Å². The number of hydrogen-bond donors (Lipinski definition) is 1. The summed E-state index contributed by atoms with van der Waals surface area (Å²) in [5.74, 6) is 1.02. The molecular formula is C11H14BrNO2. The highest BCUT2D eigenvalue weighted by atomic mass is 79.9. The van der Waals surface area contributed by atoms with Gasteiger partial charge in [-0.05, 0) is 53.8 Å². The van der Waals surface area contributed by atoms with Gasteiger partial charge in [0.2, 0.25) is 0 Å². The molecule has 4 heteroatoms. The first-order valence-corrected chi connectivity index (χ1v) is 6.03. The topological polar surface area (TPSA) is 42.2 Å². The molecule has 1 atom stereocenters. The van der Waals surface area contributed by atoms with Crippen molar-refractivity contribution in [2.24, 2.45) is 5.92 Å². The van der Waals surface area contributed by atoms with E-state index in [2.05, 4.69) is 21.2 Å². The van der Waals surface area contributed by atoms with E-state index >= 15 is 0 Å². The normalized spacial score (nSPS) is 21.5. The third-order valence-electron chi connectivity index (χ3n) is 2.74. The van der Waals surface area contributed by atoms with Crippen molar-refractivity contribution in [1.82, 2.24) is 5.32 Å². The molecule has 0 amide bonds. The second-order valence-electron chi connectivity index (χ2n) is 3.94. The summed E-state index contributed by atoms with van der Waals surface area (Å²) in [7, 11) is 0. The van der Waals surface area contributed by atoms with Crippen LogP contribution >= 0.6 is 15.9 Å². The van der Waals surface area contributed by atoms with Crippen molar-refractivity contribution in [2.75, 3.05) is 13.1 Å². The minimum Gasteiger partial charge on any atom is -0.460 e. The van der Waals surface area contributed by atoms with Crippen LogP contribution < -0.4 is 5.32 Å². The van der Waals surface area contributed by atoms with Gasteiger partial charge >= 0.3 is 0 Å². The maximum Gasteiger partial charge on any atom is 0.199 e. The van der Waals surface area contributed by atoms with Crippen LogP contribution in [0.3, 0.4) is 0 Å². The van der Waals surface area contributed by atoms with Crippen LogP contribution in [-0.4, -0.2) is 18.9 Å². The molecule has 1 unspecified atom stereocenters. The van der Waals surface area contributed by atoms with Gasteiger partial charge in [-0.25, -0.2) is 0 Å². The summed E-state index contributed by atoms with van der Waals surface area (Å²) in [5, 5.41) is 3.31. The average molecular weight is 272 g/mol. The highest BCUT2D eigenvalue weighted by Gasteiger charge is 2.20. The lowest BCUT2D eigenvalue weighted by atomic mass is 9.93. The molecule has 0 bridgehead atoms. The van der Waals surface area contributed by atoms with E-state index in [9.17, 15) is 4.79 Å². The number of carbonyl (C=O) groups is 1. The monoisotopic (exact) mass is 271 g/mol. The van der Waals surface area contributed by atoms with E-state index in [0.29, 0.717) is 18.1 Å². The zero-order valence-electron chi connectivity index (χ0n) is 8.46. The first kappa shape index (κ1) is 10.9. The molecule has 2 heterocycles. The second-order valence-corrected chi connectivity index (χ2v) is 4.79. The van der Waals surface area contributed by atoms with Gasteiger partial charge in [-0.2, -0.15) is 0 Å². The summed E-state index contributed by atoms with van der Waals surface area (Å²) >= 11 is 3.30. The molecule has 1 saturated heterocycles. The summed E-state index contributed by atoms with van der Waals surface area (Å²) in [5.41, 5.74) is 0. The van der Waals surface area contributed by atoms with Crippen molar-refractivity contribution in [3.05, 3.63) is 22.6 Å². The Balaban J connectivity index is 1.94. The van der Waals surface area contributed by atoms with Crippen molar-refractivity contribution in [2.45, 2.75) is 19.3 Å². The van der Waals surface area contributed by atoms with E-state index in [0.717, 1.165) is 30.4 Å². The van der Waals surface area contributed by atoms with Crippen LogP contribution in [0.2, 0.25) is 0 Å². The van der Waals surface area contributed by atoms with Crippen LogP contribution in [-0.2, 0) is 0 Å². The molecule has 1 aromatic heterocycles. The Hall–Kier alpha value is -0.610. The molecule has 1 fully saturated rings. The van der Waals surface area contributed by atoms with Crippen LogP contribution in [0.5, 0.6) is 0 Å². The first-order chi connectivity index (χ1) is 7.27. The molecule has 1 aliphatic rings. The van der Waals surface area contributed by atoms with Gasteiger partial charge in [0.05, 0.1) is 10.7 Å². The zero-order chi connectivity index (χ0) is 10.7. The number of nitrogens with one attached hydrogen (secondary N) is 1. The van der Waals surface area contributed by atoms with E-state index in [4.69, 9.17) is 4.42 Å². The molecule has 1 aromatic rings. The van der Waals surface area contributed by atoms with Crippen molar-refractivity contribution in [3.63, 3.8) is 0 Å². The van der Waals surface area contributed by atoms with Crippen LogP contribution in [0.1, 0.15) is 29.8 Å². The Morgan fingerprint density at radius 1 is 1.67 bits per heavy atom. The van der Waals surface area contributed by atoms with Crippen LogP contribution in [0, 0.1) is 5.92 Å². The van der Waals surface area contributed by atoms with Gasteiger partial charge in [0.15, 0.2) is 11.5 Å². The maximum absolute atomic E-state index is 11.8. The summed E-state index contributed by atoms with van der Waals surface area (Å²) in [6.07, 6.45) is 4.42. The van der Waals surface area contributed by atoms with Gasteiger partial charge in [0.25, 0.3) is 0 Å². The summed E-state index contributed by atoms with van der Waals surface area (Å²) < 4.78 is 5.91. The molecule has 0 saturated carbocycles. The minimum absolute atomic E-state index is 0.0978. The number of Topliss-reactive ketones (excluding diaryl/α,β-unsaturated/α-hetero) is 1. The molecule has 15 heavy (non-hydrogen) atoms. The van der Waals surface area contributed by atoms with E-state index in [1.54, 1.807) is 6.07 Å². The highest BCUT2D eigenvalue weighted by molar-refractivity contribution is 9.10. The SMILES string of the molecule is O=C(CC1CCCNC1)c1occc1Br. The number of furan rings is 1. The molecular weight excluding hydrogens is 258 g/mol. The van der Waals surface area contributed by atoms with Crippen LogP contribution in [0.4, 0.5) is 0 Å². The second kappa shape index (κ2) is 4.94. The van der Waals surface area contributed by atoms with Gasteiger partial charge in [-0.1, -0.05) is 0 Å². The van der Waals surface area contributed by atoms with Gasteiger partial charge in [0, 0.05) is 6.42 Å². The Labute approximate surface area is 97.4 Å². The average Bonchev–Trinajstić information content (AvgIpc) is 2.66. The van der Waals surface area contributed by atoms with Crippen molar-refractivity contribution in [3.8, 4) is 0 Å². The lowest BCUT2D eigenvalue weighted by Crippen LogP contribution is -2.31. The van der Waals surface area contributed by atoms with Gasteiger partial charge in [0.1, 0.15) is 0 Å². The predicted molar refractivity (Wildman–Crippen MR) is 60.9 cm³/mol. The Morgan fingerprint density at radius 3 is 3.13 bits per heavy atom. The first-order valence-electron chi connectivity index (χ1n) is 5.24. The Bertz CT molecular complexity index is 342. The maximum atomic E-state index is 11.8. The zero-order valence-corrected chi connectivity index (χ0v) is 10.0. The molecule has 1 N–H and O–H groups in total. The summed E-state index contributed by atoms with van der Waals surface area (Å²) in [6.45, 7) is 2.03. The van der Waals surface area contributed by atoms with E-state index in [1.165, 1.54) is 6.26 Å². The van der Waals surface area contributed by atoms with Gasteiger partial charge in [-0.3, -0.25) is 4.79 Å². The smallest absolute Gasteiger partial charge is 0.199 e. The fourth-order valence-electron chi connectivity index (χ4n) is 1.95. The molecule has 0 aromatic carbocycles. The fourth-order valence-corrected chi connectivity index (χ4v) is 2.37. The quantitative estimate of drug-likeness (QED) is 0.860. The minimum atomic E-state index is 0.0978. The summed E-state index contributed by atoms with van der Waals surface area (Å²) in [6, 6.07) is 1.76. The largest absolute Gasteiger partial charge is 0.460 e. The third-order valence-corrected chi connectivity index (χ3v) is 3.37. The Morgan fingerprint density at radius 2 is 2.53 bits per heavy atom. The fraction of sp³-hybridized carbons (Fsp3) is 0.545. The number of rotatable bonds is 3. The van der Waals surface area contributed by atoms with Crippen LogP contribution in [0.25, 0.3) is 0 Å². The molecule has 2 rings (SSSR count). The van der Waals surface area contributed by atoms with Crippen molar-refractivity contribution < 1.29 is 9.21 Å².